The van der Waals surface area contributed by atoms with Crippen LogP contribution in [-0.2, 0) is 17.1 Å². The van der Waals surface area contributed by atoms with E-state index in [4.69, 9.17) is 4.74 Å². The summed E-state index contributed by atoms with van der Waals surface area (Å²) in [6, 6.07) is 13.5. The predicted octanol–water partition coefficient (Wildman–Crippen LogP) is 9.26. The number of anilines is 4. The van der Waals surface area contributed by atoms with Crippen LogP contribution in [0.25, 0.3) is 0 Å². The van der Waals surface area contributed by atoms with Crippen molar-refractivity contribution in [1.82, 2.24) is 0 Å². The van der Waals surface area contributed by atoms with E-state index in [2.05, 4.69) is 0 Å². The minimum atomic E-state index is -4.98. The maximum absolute atomic E-state index is 14.4. The molecule has 2 aliphatic heterocycles. The molecule has 2 atom stereocenters. The molecule has 0 fully saturated rings. The third-order valence-electron chi connectivity index (χ3n) is 8.88. The van der Waals surface area contributed by atoms with Crippen LogP contribution in [0.1, 0.15) is 69.6 Å². The predicted molar refractivity (Wildman–Crippen MR) is 172 cm³/mol. The summed E-state index contributed by atoms with van der Waals surface area (Å²) in [5.41, 5.74) is -4.84. The monoisotopic (exact) mass is 772 g/mol. The molecule has 1 N–H and O–H groups in total. The molecule has 0 amide bonds. The topological polar surface area (TPSA) is 131 Å². The summed E-state index contributed by atoms with van der Waals surface area (Å²) in [7, 11) is 1.40. The number of nitrogens with zero attached hydrogens (tertiary/aromatic N) is 6. The number of alkyl halides is 6. The second kappa shape index (κ2) is 15.2. The van der Waals surface area contributed by atoms with Gasteiger partial charge in [-0.15, -0.1) is 0 Å². The van der Waals surface area contributed by atoms with Gasteiger partial charge in [-0.05, 0) is 61.4 Å². The third kappa shape index (κ3) is 7.43. The maximum atomic E-state index is 14.4. The number of ether oxygens (including phenoxy) is 1. The zero-order chi connectivity index (χ0) is 40.6. The largest absolute Gasteiger partial charge is 0.419 e. The van der Waals surface area contributed by atoms with E-state index in [-0.39, 0.29) is 59.0 Å². The number of aliphatic hydroxyl groups excluding tert-OH is 1. The Labute approximate surface area is 305 Å². The van der Waals surface area contributed by atoms with E-state index in [1.165, 1.54) is 29.0 Å². The number of benzene rings is 4. The lowest BCUT2D eigenvalue weighted by molar-refractivity contribution is -0.140. The molecule has 0 bridgehead atoms. The molecule has 2 heterocycles. The molecule has 6 rings (SSSR count). The van der Waals surface area contributed by atoms with Gasteiger partial charge in [0, 0.05) is 31.3 Å². The number of nitriles is 4. The van der Waals surface area contributed by atoms with Gasteiger partial charge >= 0.3 is 12.4 Å². The summed E-state index contributed by atoms with van der Waals surface area (Å²) >= 11 is 0. The fraction of sp³-hybridized carbons (Fsp3) is 0.243. The van der Waals surface area contributed by atoms with Crippen LogP contribution in [0.5, 0.6) is 0 Å². The SMILES string of the molecule is COC1CCN(c2ccc(C(F)(F)F)c(F)c2C#N)c2c(C#N)cc(F)cc21.N#Cc1cc(F)cc2c1N(c1ccc(C(F)(F)F)c(F)c1C#N)CCC2O. The van der Waals surface area contributed by atoms with Crippen molar-refractivity contribution in [2.24, 2.45) is 0 Å². The molecule has 0 aliphatic carbocycles. The average Bonchev–Trinajstić information content (AvgIpc) is 3.13. The van der Waals surface area contributed by atoms with Crippen LogP contribution in [0, 0.1) is 68.6 Å². The Hall–Kier alpha value is -6.34. The number of halogens is 10. The molecule has 282 valence electrons. The number of rotatable bonds is 3. The Morgan fingerprint density at radius 3 is 1.45 bits per heavy atom. The smallest absolute Gasteiger partial charge is 0.388 e. The van der Waals surface area contributed by atoms with E-state index in [1.54, 1.807) is 6.07 Å². The van der Waals surface area contributed by atoms with Crippen molar-refractivity contribution in [3.8, 4) is 24.3 Å². The molecule has 4 aromatic rings. The van der Waals surface area contributed by atoms with E-state index in [9.17, 15) is 70.1 Å². The summed E-state index contributed by atoms with van der Waals surface area (Å²) in [5.74, 6) is -4.87. The van der Waals surface area contributed by atoms with E-state index in [1.807, 2.05) is 6.07 Å². The van der Waals surface area contributed by atoms with Gasteiger partial charge in [-0.25, -0.2) is 17.6 Å². The lowest BCUT2D eigenvalue weighted by Crippen LogP contribution is -2.30. The molecular formula is C37H22F10N6O2. The van der Waals surface area contributed by atoms with E-state index in [0.717, 1.165) is 36.4 Å². The Morgan fingerprint density at radius 1 is 0.636 bits per heavy atom. The highest BCUT2D eigenvalue weighted by atomic mass is 19.4. The highest BCUT2D eigenvalue weighted by molar-refractivity contribution is 5.79. The van der Waals surface area contributed by atoms with Crippen LogP contribution in [0.2, 0.25) is 0 Å². The Balaban J connectivity index is 0.000000211. The van der Waals surface area contributed by atoms with Crippen molar-refractivity contribution >= 4 is 22.7 Å². The molecule has 0 aromatic heterocycles. The van der Waals surface area contributed by atoms with Gasteiger partial charge < -0.3 is 19.6 Å². The number of hydrogen-bond donors (Lipinski definition) is 1. The first-order chi connectivity index (χ1) is 25.9. The number of fused-ring (bicyclic) bond motifs is 2. The minimum absolute atomic E-state index is 0.00599. The normalized spacial score (nSPS) is 16.4. The summed E-state index contributed by atoms with van der Waals surface area (Å²) in [6.07, 6.45) is -11.3. The van der Waals surface area contributed by atoms with Gasteiger partial charge in [-0.1, -0.05) is 0 Å². The molecule has 8 nitrogen and oxygen atoms in total. The van der Waals surface area contributed by atoms with Crippen LogP contribution >= 0.6 is 0 Å². The number of aliphatic hydroxyl groups is 1. The van der Waals surface area contributed by atoms with Crippen LogP contribution in [0.15, 0.2) is 48.5 Å². The highest BCUT2D eigenvalue weighted by Gasteiger charge is 2.39. The second-order valence-electron chi connectivity index (χ2n) is 12.0. The van der Waals surface area contributed by atoms with Gasteiger partial charge in [0.15, 0.2) is 11.6 Å². The molecule has 2 unspecified atom stereocenters. The van der Waals surface area contributed by atoms with Gasteiger partial charge in [0.25, 0.3) is 0 Å². The summed E-state index contributed by atoms with van der Waals surface area (Å²) < 4.78 is 139. The van der Waals surface area contributed by atoms with Gasteiger partial charge in [-0.2, -0.15) is 47.4 Å². The summed E-state index contributed by atoms with van der Waals surface area (Å²) in [5, 5.41) is 47.3. The quantitative estimate of drug-likeness (QED) is 0.204. The lowest BCUT2D eigenvalue weighted by Gasteiger charge is -2.36. The first kappa shape index (κ1) is 39.9. The van der Waals surface area contributed by atoms with Gasteiger partial charge in [0.1, 0.15) is 47.0 Å². The molecule has 4 aromatic carbocycles. The van der Waals surface area contributed by atoms with Crippen molar-refractivity contribution in [1.29, 1.82) is 21.0 Å². The second-order valence-corrected chi connectivity index (χ2v) is 12.0. The molecule has 18 heteroatoms. The minimum Gasteiger partial charge on any atom is -0.388 e. The van der Waals surface area contributed by atoms with Crippen molar-refractivity contribution < 1.29 is 53.7 Å². The Bertz CT molecular complexity index is 2350. The molecule has 55 heavy (non-hydrogen) atoms. The zero-order valence-electron chi connectivity index (χ0n) is 27.9. The fourth-order valence-electron chi connectivity index (χ4n) is 6.50. The van der Waals surface area contributed by atoms with Crippen molar-refractivity contribution in [3.05, 3.63) is 116 Å². The number of hydrogen-bond acceptors (Lipinski definition) is 8. The van der Waals surface area contributed by atoms with Crippen LogP contribution in [0.4, 0.5) is 66.7 Å². The van der Waals surface area contributed by atoms with Crippen LogP contribution < -0.4 is 9.80 Å². The first-order valence-electron chi connectivity index (χ1n) is 15.7. The van der Waals surface area contributed by atoms with Gasteiger partial charge in [0.05, 0.1) is 57.2 Å². The molecule has 0 saturated heterocycles. The molecule has 0 radical (unpaired) electrons. The van der Waals surface area contributed by atoms with E-state index < -0.39 is 70.1 Å². The first-order valence-corrected chi connectivity index (χ1v) is 15.7. The Kier molecular flexibility index (Phi) is 11.0. The lowest BCUT2D eigenvalue weighted by atomic mass is 9.93. The molecule has 0 spiro atoms. The third-order valence-corrected chi connectivity index (χ3v) is 8.88. The summed E-state index contributed by atoms with van der Waals surface area (Å²) in [4.78, 5) is 2.60. The number of methoxy groups -OCH3 is 1. The molecular weight excluding hydrogens is 750 g/mol. The zero-order valence-corrected chi connectivity index (χ0v) is 27.9. The maximum Gasteiger partial charge on any atom is 0.419 e. The van der Waals surface area contributed by atoms with Crippen molar-refractivity contribution in [2.75, 3.05) is 30.0 Å². The average molecular weight is 773 g/mol. The van der Waals surface area contributed by atoms with Crippen LogP contribution in [0.3, 0.4) is 0 Å². The van der Waals surface area contributed by atoms with Crippen LogP contribution in [-0.4, -0.2) is 25.3 Å². The molecule has 2 aliphatic rings. The van der Waals surface area contributed by atoms with Gasteiger partial charge in [-0.3, -0.25) is 0 Å². The Morgan fingerprint density at radius 2 is 1.05 bits per heavy atom. The van der Waals surface area contributed by atoms with Crippen molar-refractivity contribution in [3.63, 3.8) is 0 Å². The molecule has 0 saturated carbocycles. The van der Waals surface area contributed by atoms with E-state index >= 15 is 0 Å². The van der Waals surface area contributed by atoms with Crippen molar-refractivity contribution in [2.45, 2.75) is 37.4 Å². The van der Waals surface area contributed by atoms with E-state index in [0.29, 0.717) is 24.1 Å². The van der Waals surface area contributed by atoms with Gasteiger partial charge in [0.2, 0.25) is 0 Å². The highest BCUT2D eigenvalue weighted by Crippen LogP contribution is 2.46. The summed E-state index contributed by atoms with van der Waals surface area (Å²) in [6.45, 7) is 0.124. The fourth-order valence-corrected chi connectivity index (χ4v) is 6.50. The standard InChI is InChI=1S/C19H12F5N3O.C18H10F5N3O/c1-28-16-4-5-27(18-10(8-25)6-11(20)7-12(16)18)15-3-2-14(19(22,23)24)17(21)13(15)9-26;19-10-5-9(7-24)17-11(6-10)15(27)3-4-26(17)14-2-1-13(18(21,22)23)16(20)12(14)8-25/h2-3,6-7,16H,4-5H2,1H3;1-2,5-6,15,27H,3-4H2.